The van der Waals surface area contributed by atoms with Crippen LogP contribution in [0.5, 0.6) is 0 Å². The molecule has 82 valence electrons. The fourth-order valence-corrected chi connectivity index (χ4v) is 2.60. The second-order valence-corrected chi connectivity index (χ2v) is 4.68. The third kappa shape index (κ3) is 2.70. The molecule has 1 spiro atoms. The zero-order valence-electron chi connectivity index (χ0n) is 9.22. The predicted molar refractivity (Wildman–Crippen MR) is 62.9 cm³/mol. The van der Waals surface area contributed by atoms with E-state index >= 15 is 0 Å². The molecule has 2 rings (SSSR count). The lowest BCUT2D eigenvalue weighted by Crippen LogP contribution is -2.46. The Morgan fingerprint density at radius 3 is 2.71 bits per heavy atom. The van der Waals surface area contributed by atoms with E-state index < -0.39 is 0 Å². The smallest absolute Gasteiger partial charge is 0.156 e. The number of halogens is 1. The highest BCUT2D eigenvalue weighted by molar-refractivity contribution is 9.18. The Balaban J connectivity index is 0.000000461. The normalized spacial score (nSPS) is 31.9. The van der Waals surface area contributed by atoms with Gasteiger partial charge in [0.05, 0.1) is 0 Å². The van der Waals surface area contributed by atoms with Crippen molar-refractivity contribution in [3.8, 4) is 0 Å². The molecule has 0 aromatic carbocycles. The summed E-state index contributed by atoms with van der Waals surface area (Å²) in [4.78, 5) is 7.77. The minimum atomic E-state index is -0.00810. The van der Waals surface area contributed by atoms with Gasteiger partial charge in [0.2, 0.25) is 0 Å². The van der Waals surface area contributed by atoms with Gasteiger partial charge in [0.25, 0.3) is 0 Å². The summed E-state index contributed by atoms with van der Waals surface area (Å²) in [5, 5.41) is 3.95. The first-order chi connectivity index (χ1) is 6.70. The lowest BCUT2D eigenvalue weighted by molar-refractivity contribution is -0.0631. The van der Waals surface area contributed by atoms with Crippen LogP contribution in [0.25, 0.3) is 0 Å². The minimum absolute atomic E-state index is 0.00810. The van der Waals surface area contributed by atoms with Crippen LogP contribution in [0.4, 0.5) is 0 Å². The summed E-state index contributed by atoms with van der Waals surface area (Å²) in [5.41, 5.74) is -0.00810. The van der Waals surface area contributed by atoms with Crippen LogP contribution in [0.2, 0.25) is 0 Å². The molecule has 0 N–H and O–H groups in total. The van der Waals surface area contributed by atoms with E-state index in [0.717, 1.165) is 24.0 Å². The molecule has 3 nitrogen and oxygen atoms in total. The summed E-state index contributed by atoms with van der Waals surface area (Å²) >= 11 is 3.38. The number of likely N-dealkylation sites (tertiary alicyclic amines) is 1. The maximum Gasteiger partial charge on any atom is 0.156 e. The van der Waals surface area contributed by atoms with E-state index in [2.05, 4.69) is 33.0 Å². The summed E-state index contributed by atoms with van der Waals surface area (Å²) in [6.07, 6.45) is 3.29. The van der Waals surface area contributed by atoms with E-state index in [4.69, 9.17) is 4.84 Å². The Morgan fingerprint density at radius 1 is 1.50 bits per heavy atom. The highest BCUT2D eigenvalue weighted by Crippen LogP contribution is 2.33. The summed E-state index contributed by atoms with van der Waals surface area (Å²) in [5.74, 6) is 0. The average molecular weight is 263 g/mol. The summed E-state index contributed by atoms with van der Waals surface area (Å²) in [6.45, 7) is 6.19. The van der Waals surface area contributed by atoms with Crippen LogP contribution in [0.1, 0.15) is 33.1 Å². The Morgan fingerprint density at radius 2 is 2.21 bits per heavy atom. The molecule has 14 heavy (non-hydrogen) atoms. The molecule has 0 bridgehead atoms. The Labute approximate surface area is 94.6 Å². The van der Waals surface area contributed by atoms with Gasteiger partial charge in [-0.2, -0.15) is 0 Å². The van der Waals surface area contributed by atoms with Gasteiger partial charge < -0.3 is 9.74 Å². The van der Waals surface area contributed by atoms with Crippen LogP contribution >= 0.6 is 15.9 Å². The van der Waals surface area contributed by atoms with Gasteiger partial charge in [-0.05, 0) is 42.4 Å². The fraction of sp³-hybridized carbons (Fsp3) is 0.900. The Bertz CT molecular complexity index is 220. The quantitative estimate of drug-likeness (QED) is 0.671. The standard InChI is InChI=1S/C8H13BrN2O.C2H6/c1-11-4-2-3-8(6-11)5-7(9)10-12-8;1-2/h2-6H2,1H3;1-2H3. The van der Waals surface area contributed by atoms with Gasteiger partial charge in [-0.3, -0.25) is 0 Å². The van der Waals surface area contributed by atoms with E-state index in [-0.39, 0.29) is 5.60 Å². The lowest BCUT2D eigenvalue weighted by Gasteiger charge is -2.35. The minimum Gasteiger partial charge on any atom is -0.387 e. The van der Waals surface area contributed by atoms with Crippen molar-refractivity contribution in [1.29, 1.82) is 0 Å². The Hall–Kier alpha value is -0.0900. The maximum absolute atomic E-state index is 5.46. The van der Waals surface area contributed by atoms with Crippen molar-refractivity contribution in [2.24, 2.45) is 5.16 Å². The van der Waals surface area contributed by atoms with Crippen molar-refractivity contribution < 1.29 is 4.84 Å². The average Bonchev–Trinajstić information content (AvgIpc) is 2.50. The molecule has 0 saturated carbocycles. The topological polar surface area (TPSA) is 24.8 Å². The van der Waals surface area contributed by atoms with Crippen molar-refractivity contribution in [3.63, 3.8) is 0 Å². The number of piperidine rings is 1. The first-order valence-electron chi connectivity index (χ1n) is 5.29. The number of nitrogens with zero attached hydrogens (tertiary/aromatic N) is 2. The van der Waals surface area contributed by atoms with E-state index in [0.29, 0.717) is 0 Å². The van der Waals surface area contributed by atoms with Crippen LogP contribution in [0.3, 0.4) is 0 Å². The highest BCUT2D eigenvalue weighted by atomic mass is 79.9. The summed E-state index contributed by atoms with van der Waals surface area (Å²) in [6, 6.07) is 0. The highest BCUT2D eigenvalue weighted by Gasteiger charge is 2.41. The molecule has 1 atom stereocenters. The van der Waals surface area contributed by atoms with E-state index in [1.165, 1.54) is 13.0 Å². The third-order valence-corrected chi connectivity index (χ3v) is 2.96. The molecule has 0 aromatic rings. The first-order valence-corrected chi connectivity index (χ1v) is 6.09. The molecule has 1 fully saturated rings. The second kappa shape index (κ2) is 5.12. The van der Waals surface area contributed by atoms with Crippen LogP contribution in [0.15, 0.2) is 5.16 Å². The molecule has 1 unspecified atom stereocenters. The van der Waals surface area contributed by atoms with Gasteiger partial charge in [0, 0.05) is 13.0 Å². The number of rotatable bonds is 0. The lowest BCUT2D eigenvalue weighted by atomic mass is 9.91. The Kier molecular flexibility index (Phi) is 4.38. The maximum atomic E-state index is 5.46. The van der Waals surface area contributed by atoms with Gasteiger partial charge in [-0.25, -0.2) is 0 Å². The largest absolute Gasteiger partial charge is 0.387 e. The number of likely N-dealkylation sites (N-methyl/N-ethyl adjacent to an activating group) is 1. The number of hydrogen-bond donors (Lipinski definition) is 0. The molecule has 0 radical (unpaired) electrons. The molecule has 2 heterocycles. The molecular formula is C10H19BrN2O. The molecule has 0 aliphatic carbocycles. The van der Waals surface area contributed by atoms with Gasteiger partial charge in [-0.1, -0.05) is 19.0 Å². The summed E-state index contributed by atoms with van der Waals surface area (Å²) < 4.78 is 0.956. The third-order valence-electron chi connectivity index (χ3n) is 2.54. The van der Waals surface area contributed by atoms with Crippen LogP contribution in [-0.4, -0.2) is 35.3 Å². The van der Waals surface area contributed by atoms with E-state index in [9.17, 15) is 0 Å². The second-order valence-electron chi connectivity index (χ2n) is 3.76. The van der Waals surface area contributed by atoms with Crippen molar-refractivity contribution in [1.82, 2.24) is 4.90 Å². The summed E-state index contributed by atoms with van der Waals surface area (Å²) in [7, 11) is 2.14. The fourth-order valence-electron chi connectivity index (χ4n) is 2.02. The SMILES string of the molecule is CC.CN1CCCC2(CC(Br)=NO2)C1. The molecule has 0 aromatic heterocycles. The van der Waals surface area contributed by atoms with Crippen LogP contribution in [0, 0.1) is 0 Å². The molecule has 4 heteroatoms. The number of oxime groups is 1. The van der Waals surface area contributed by atoms with Crippen molar-refractivity contribution in [3.05, 3.63) is 0 Å². The molecule has 0 amide bonds. The zero-order chi connectivity index (χ0) is 10.6. The van der Waals surface area contributed by atoms with Crippen molar-refractivity contribution in [2.75, 3.05) is 20.1 Å². The van der Waals surface area contributed by atoms with Crippen LogP contribution < -0.4 is 0 Å². The molecule has 2 aliphatic heterocycles. The molecular weight excluding hydrogens is 244 g/mol. The van der Waals surface area contributed by atoms with Gasteiger partial charge in [0.1, 0.15) is 4.62 Å². The van der Waals surface area contributed by atoms with Crippen molar-refractivity contribution in [2.45, 2.75) is 38.7 Å². The van der Waals surface area contributed by atoms with Crippen molar-refractivity contribution >= 4 is 20.6 Å². The predicted octanol–water partition coefficient (Wildman–Crippen LogP) is 2.61. The van der Waals surface area contributed by atoms with E-state index in [1.807, 2.05) is 13.8 Å². The van der Waals surface area contributed by atoms with Gasteiger partial charge in [0.15, 0.2) is 5.60 Å². The number of hydrogen-bond acceptors (Lipinski definition) is 3. The van der Waals surface area contributed by atoms with E-state index in [1.54, 1.807) is 0 Å². The van der Waals surface area contributed by atoms with Crippen LogP contribution in [-0.2, 0) is 4.84 Å². The van der Waals surface area contributed by atoms with Gasteiger partial charge >= 0.3 is 0 Å². The molecule has 2 aliphatic rings. The zero-order valence-corrected chi connectivity index (χ0v) is 10.8. The molecule has 1 saturated heterocycles. The monoisotopic (exact) mass is 262 g/mol. The first kappa shape index (κ1) is 12.0. The van der Waals surface area contributed by atoms with Gasteiger partial charge in [-0.15, -0.1) is 0 Å².